The van der Waals surface area contributed by atoms with Gasteiger partial charge >= 0.3 is 0 Å². The molecule has 0 spiro atoms. The minimum absolute atomic E-state index is 0. The van der Waals surface area contributed by atoms with Crippen molar-refractivity contribution in [1.29, 1.82) is 0 Å². The highest BCUT2D eigenvalue weighted by Crippen LogP contribution is 2.32. The molecule has 106 valence electrons. The Bertz CT molecular complexity index is 272. The SMILES string of the molecule is CC1CCC(CCC(=O)NC(CN)C2CC2)O1.Cl. The van der Waals surface area contributed by atoms with Gasteiger partial charge in [-0.2, -0.15) is 0 Å². The van der Waals surface area contributed by atoms with Crippen molar-refractivity contribution in [2.24, 2.45) is 11.7 Å². The zero-order chi connectivity index (χ0) is 12.3. The molecule has 1 heterocycles. The Labute approximate surface area is 115 Å². The molecule has 0 aromatic heterocycles. The van der Waals surface area contributed by atoms with Gasteiger partial charge in [0.15, 0.2) is 0 Å². The monoisotopic (exact) mass is 276 g/mol. The number of carbonyl (C=O) groups excluding carboxylic acids is 1. The molecule has 1 aliphatic heterocycles. The van der Waals surface area contributed by atoms with Crippen molar-refractivity contribution in [2.45, 2.75) is 63.7 Å². The smallest absolute Gasteiger partial charge is 0.220 e. The summed E-state index contributed by atoms with van der Waals surface area (Å²) >= 11 is 0. The van der Waals surface area contributed by atoms with Crippen molar-refractivity contribution in [3.05, 3.63) is 0 Å². The number of amides is 1. The van der Waals surface area contributed by atoms with Crippen LogP contribution in [0.25, 0.3) is 0 Å². The molecule has 1 saturated heterocycles. The number of nitrogens with one attached hydrogen (secondary N) is 1. The summed E-state index contributed by atoms with van der Waals surface area (Å²) < 4.78 is 5.70. The van der Waals surface area contributed by atoms with Gasteiger partial charge in [-0.15, -0.1) is 12.4 Å². The van der Waals surface area contributed by atoms with Gasteiger partial charge in [-0.05, 0) is 44.9 Å². The third kappa shape index (κ3) is 4.75. The first-order chi connectivity index (χ1) is 8.19. The van der Waals surface area contributed by atoms with Crippen LogP contribution in [0.4, 0.5) is 0 Å². The van der Waals surface area contributed by atoms with Crippen LogP contribution in [-0.4, -0.2) is 30.7 Å². The van der Waals surface area contributed by atoms with Gasteiger partial charge in [0.2, 0.25) is 5.91 Å². The van der Waals surface area contributed by atoms with Crippen LogP contribution >= 0.6 is 12.4 Å². The average molecular weight is 277 g/mol. The van der Waals surface area contributed by atoms with Gasteiger partial charge in [-0.3, -0.25) is 4.79 Å². The Balaban J connectivity index is 0.00000162. The molecule has 0 aromatic rings. The Hall–Kier alpha value is -0.320. The molecule has 3 N–H and O–H groups in total. The molecule has 1 saturated carbocycles. The highest BCUT2D eigenvalue weighted by molar-refractivity contribution is 5.85. The number of halogens is 1. The summed E-state index contributed by atoms with van der Waals surface area (Å²) in [5.74, 6) is 0.766. The number of ether oxygens (including phenoxy) is 1. The lowest BCUT2D eigenvalue weighted by Crippen LogP contribution is -2.41. The van der Waals surface area contributed by atoms with E-state index in [2.05, 4.69) is 12.2 Å². The normalized spacial score (nSPS) is 28.6. The molecule has 2 aliphatic rings. The highest BCUT2D eigenvalue weighted by Gasteiger charge is 2.31. The van der Waals surface area contributed by atoms with Crippen LogP contribution in [0.3, 0.4) is 0 Å². The summed E-state index contributed by atoms with van der Waals surface area (Å²) in [6.45, 7) is 2.66. The van der Waals surface area contributed by atoms with Crippen LogP contribution in [0, 0.1) is 5.92 Å². The van der Waals surface area contributed by atoms with E-state index in [9.17, 15) is 4.79 Å². The quantitative estimate of drug-likeness (QED) is 0.775. The van der Waals surface area contributed by atoms with Crippen LogP contribution in [0.1, 0.15) is 45.4 Å². The summed E-state index contributed by atoms with van der Waals surface area (Å²) in [6.07, 6.45) is 6.71. The largest absolute Gasteiger partial charge is 0.375 e. The minimum Gasteiger partial charge on any atom is -0.375 e. The zero-order valence-electron chi connectivity index (χ0n) is 11.1. The number of rotatable bonds is 6. The number of nitrogens with two attached hydrogens (primary N) is 1. The highest BCUT2D eigenvalue weighted by atomic mass is 35.5. The maximum absolute atomic E-state index is 11.8. The fraction of sp³-hybridized carbons (Fsp3) is 0.923. The van der Waals surface area contributed by atoms with Crippen LogP contribution in [-0.2, 0) is 9.53 Å². The lowest BCUT2D eigenvalue weighted by molar-refractivity contribution is -0.122. The first kappa shape index (κ1) is 15.7. The van der Waals surface area contributed by atoms with Gasteiger partial charge in [-0.25, -0.2) is 0 Å². The van der Waals surface area contributed by atoms with Crippen molar-refractivity contribution >= 4 is 18.3 Å². The lowest BCUT2D eigenvalue weighted by Gasteiger charge is -2.17. The van der Waals surface area contributed by atoms with Crippen LogP contribution < -0.4 is 11.1 Å². The van der Waals surface area contributed by atoms with Crippen molar-refractivity contribution < 1.29 is 9.53 Å². The molecule has 0 radical (unpaired) electrons. The van der Waals surface area contributed by atoms with Crippen molar-refractivity contribution in [2.75, 3.05) is 6.54 Å². The van der Waals surface area contributed by atoms with Crippen LogP contribution in [0.5, 0.6) is 0 Å². The lowest BCUT2D eigenvalue weighted by atomic mass is 10.1. The maximum Gasteiger partial charge on any atom is 0.220 e. The summed E-state index contributed by atoms with van der Waals surface area (Å²) in [5, 5.41) is 3.04. The van der Waals surface area contributed by atoms with E-state index in [1.54, 1.807) is 0 Å². The van der Waals surface area contributed by atoms with Crippen molar-refractivity contribution in [3.63, 3.8) is 0 Å². The Kier molecular flexibility index (Phi) is 6.39. The van der Waals surface area contributed by atoms with E-state index in [0.717, 1.165) is 19.3 Å². The predicted molar refractivity (Wildman–Crippen MR) is 73.8 cm³/mol. The van der Waals surface area contributed by atoms with E-state index in [-0.39, 0.29) is 30.5 Å². The average Bonchev–Trinajstić information content (AvgIpc) is 3.07. The van der Waals surface area contributed by atoms with Gasteiger partial charge in [0, 0.05) is 19.0 Å². The Morgan fingerprint density at radius 1 is 1.39 bits per heavy atom. The van der Waals surface area contributed by atoms with Crippen LogP contribution in [0.2, 0.25) is 0 Å². The number of carbonyl (C=O) groups is 1. The van der Waals surface area contributed by atoms with Crippen molar-refractivity contribution in [3.8, 4) is 0 Å². The molecule has 0 bridgehead atoms. The van der Waals surface area contributed by atoms with Gasteiger partial charge < -0.3 is 15.8 Å². The maximum atomic E-state index is 11.8. The fourth-order valence-electron chi connectivity index (χ4n) is 2.54. The number of hydrogen-bond donors (Lipinski definition) is 2. The molecule has 0 aromatic carbocycles. The molecule has 2 fully saturated rings. The van der Waals surface area contributed by atoms with E-state index < -0.39 is 0 Å². The van der Waals surface area contributed by atoms with Crippen LogP contribution in [0.15, 0.2) is 0 Å². The Morgan fingerprint density at radius 3 is 2.61 bits per heavy atom. The zero-order valence-corrected chi connectivity index (χ0v) is 11.9. The summed E-state index contributed by atoms with van der Waals surface area (Å²) in [4.78, 5) is 11.8. The van der Waals surface area contributed by atoms with E-state index in [0.29, 0.717) is 25.0 Å². The van der Waals surface area contributed by atoms with E-state index in [1.807, 2.05) is 0 Å². The van der Waals surface area contributed by atoms with Gasteiger partial charge in [0.05, 0.1) is 12.2 Å². The molecule has 1 amide bonds. The fourth-order valence-corrected chi connectivity index (χ4v) is 2.54. The van der Waals surface area contributed by atoms with E-state index in [1.165, 1.54) is 12.8 Å². The van der Waals surface area contributed by atoms with Gasteiger partial charge in [-0.1, -0.05) is 0 Å². The second-order valence-electron chi connectivity index (χ2n) is 5.43. The topological polar surface area (TPSA) is 64.4 Å². The summed E-state index contributed by atoms with van der Waals surface area (Å²) in [7, 11) is 0. The van der Waals surface area contributed by atoms with Crippen molar-refractivity contribution in [1.82, 2.24) is 5.32 Å². The third-order valence-corrected chi connectivity index (χ3v) is 3.80. The molecule has 2 rings (SSSR count). The van der Waals surface area contributed by atoms with Gasteiger partial charge in [0.1, 0.15) is 0 Å². The second-order valence-corrected chi connectivity index (χ2v) is 5.43. The summed E-state index contributed by atoms with van der Waals surface area (Å²) in [6, 6.07) is 0.200. The number of hydrogen-bond acceptors (Lipinski definition) is 3. The van der Waals surface area contributed by atoms with E-state index >= 15 is 0 Å². The molecule has 3 atom stereocenters. The van der Waals surface area contributed by atoms with E-state index in [4.69, 9.17) is 10.5 Å². The molecule has 18 heavy (non-hydrogen) atoms. The third-order valence-electron chi connectivity index (χ3n) is 3.80. The molecule has 4 nitrogen and oxygen atoms in total. The van der Waals surface area contributed by atoms with Gasteiger partial charge in [0.25, 0.3) is 0 Å². The molecule has 3 unspecified atom stereocenters. The predicted octanol–water partition coefficient (Wildman–Crippen LogP) is 1.61. The molecular formula is C13H25ClN2O2. The Morgan fingerprint density at radius 2 is 2.11 bits per heavy atom. The first-order valence-corrected chi connectivity index (χ1v) is 6.84. The molecular weight excluding hydrogens is 252 g/mol. The first-order valence-electron chi connectivity index (χ1n) is 6.84. The molecule has 1 aliphatic carbocycles. The second kappa shape index (κ2) is 7.31. The summed E-state index contributed by atoms with van der Waals surface area (Å²) in [5.41, 5.74) is 5.66. The molecule has 5 heteroatoms. The standard InChI is InChI=1S/C13H24N2O2.ClH/c1-9-2-5-11(17-9)6-7-13(16)15-12(8-14)10-3-4-10;/h9-12H,2-8,14H2,1H3,(H,15,16);1H. The minimum atomic E-state index is 0.